The lowest BCUT2D eigenvalue weighted by Gasteiger charge is -2.27. The smallest absolute Gasteiger partial charge is 0.123 e. The van der Waals surface area contributed by atoms with Gasteiger partial charge in [-0.2, -0.15) is 0 Å². The Kier molecular flexibility index (Phi) is 4.04. The summed E-state index contributed by atoms with van der Waals surface area (Å²) in [5, 5.41) is 3.35. The molecular formula is C16H18FN3. The summed E-state index contributed by atoms with van der Waals surface area (Å²) in [5.74, 6) is -0.210. The summed E-state index contributed by atoms with van der Waals surface area (Å²) in [5.41, 5.74) is 3.24. The number of pyridine rings is 1. The van der Waals surface area contributed by atoms with E-state index in [1.165, 1.54) is 17.7 Å². The number of nitrogens with one attached hydrogen (secondary N) is 1. The Balaban J connectivity index is 1.76. The molecule has 0 bridgehead atoms. The molecule has 1 aliphatic heterocycles. The van der Waals surface area contributed by atoms with Gasteiger partial charge in [-0.05, 0) is 29.3 Å². The van der Waals surface area contributed by atoms with Crippen LogP contribution in [0.25, 0.3) is 11.1 Å². The van der Waals surface area contributed by atoms with E-state index in [1.54, 1.807) is 12.1 Å². The highest BCUT2D eigenvalue weighted by molar-refractivity contribution is 5.62. The van der Waals surface area contributed by atoms with Crippen molar-refractivity contribution in [2.24, 2.45) is 0 Å². The van der Waals surface area contributed by atoms with Crippen LogP contribution in [0.15, 0.2) is 42.7 Å². The van der Waals surface area contributed by atoms with Crippen molar-refractivity contribution >= 4 is 0 Å². The van der Waals surface area contributed by atoms with Crippen molar-refractivity contribution in [3.8, 4) is 11.1 Å². The van der Waals surface area contributed by atoms with Crippen molar-refractivity contribution in [3.05, 3.63) is 54.1 Å². The van der Waals surface area contributed by atoms with E-state index in [9.17, 15) is 4.39 Å². The lowest BCUT2D eigenvalue weighted by atomic mass is 10.1. The van der Waals surface area contributed by atoms with Gasteiger partial charge in [0.2, 0.25) is 0 Å². The topological polar surface area (TPSA) is 28.2 Å². The van der Waals surface area contributed by atoms with Crippen LogP contribution in [0.4, 0.5) is 4.39 Å². The summed E-state index contributed by atoms with van der Waals surface area (Å²) in [7, 11) is 0. The van der Waals surface area contributed by atoms with E-state index in [1.807, 2.05) is 12.4 Å². The van der Waals surface area contributed by atoms with Crippen LogP contribution < -0.4 is 5.32 Å². The molecule has 1 saturated heterocycles. The first-order valence-electron chi connectivity index (χ1n) is 6.94. The molecule has 20 heavy (non-hydrogen) atoms. The third-order valence-corrected chi connectivity index (χ3v) is 3.59. The summed E-state index contributed by atoms with van der Waals surface area (Å²) >= 11 is 0. The van der Waals surface area contributed by atoms with Gasteiger partial charge in [0.25, 0.3) is 0 Å². The van der Waals surface area contributed by atoms with Crippen molar-refractivity contribution in [1.29, 1.82) is 0 Å². The molecule has 0 amide bonds. The molecule has 0 saturated carbocycles. The fourth-order valence-electron chi connectivity index (χ4n) is 2.50. The van der Waals surface area contributed by atoms with E-state index in [2.05, 4.69) is 21.3 Å². The summed E-state index contributed by atoms with van der Waals surface area (Å²) in [6.07, 6.45) is 3.74. The number of benzene rings is 1. The molecule has 0 radical (unpaired) electrons. The predicted molar refractivity (Wildman–Crippen MR) is 77.8 cm³/mol. The van der Waals surface area contributed by atoms with Gasteiger partial charge in [0.15, 0.2) is 0 Å². The molecule has 1 aromatic carbocycles. The van der Waals surface area contributed by atoms with Crippen molar-refractivity contribution in [3.63, 3.8) is 0 Å². The molecule has 2 aromatic rings. The van der Waals surface area contributed by atoms with Crippen LogP contribution in [-0.2, 0) is 6.54 Å². The average molecular weight is 271 g/mol. The van der Waals surface area contributed by atoms with Gasteiger partial charge in [-0.15, -0.1) is 0 Å². The van der Waals surface area contributed by atoms with Crippen molar-refractivity contribution in [2.45, 2.75) is 6.54 Å². The van der Waals surface area contributed by atoms with Crippen LogP contribution in [0.5, 0.6) is 0 Å². The standard InChI is InChI=1S/C16H18FN3/c17-16-3-1-14(2-4-16)15-9-13(10-19-11-15)12-20-7-5-18-6-8-20/h1-4,9-11,18H,5-8,12H2. The number of halogens is 1. The molecule has 0 unspecified atom stereocenters. The molecule has 0 spiro atoms. The Labute approximate surface area is 118 Å². The zero-order valence-electron chi connectivity index (χ0n) is 11.3. The second-order valence-electron chi connectivity index (χ2n) is 5.11. The number of nitrogens with zero attached hydrogens (tertiary/aromatic N) is 2. The van der Waals surface area contributed by atoms with Crippen LogP contribution in [0, 0.1) is 5.82 Å². The van der Waals surface area contributed by atoms with Gasteiger partial charge < -0.3 is 5.32 Å². The fourth-order valence-corrected chi connectivity index (χ4v) is 2.50. The largest absolute Gasteiger partial charge is 0.314 e. The van der Waals surface area contributed by atoms with Crippen LogP contribution in [0.2, 0.25) is 0 Å². The van der Waals surface area contributed by atoms with E-state index in [0.29, 0.717) is 0 Å². The van der Waals surface area contributed by atoms with Crippen molar-refractivity contribution in [1.82, 2.24) is 15.2 Å². The maximum absolute atomic E-state index is 13.0. The van der Waals surface area contributed by atoms with Gasteiger partial charge in [-0.25, -0.2) is 4.39 Å². The van der Waals surface area contributed by atoms with E-state index < -0.39 is 0 Å². The quantitative estimate of drug-likeness (QED) is 0.928. The van der Waals surface area contributed by atoms with Crippen molar-refractivity contribution in [2.75, 3.05) is 26.2 Å². The number of rotatable bonds is 3. The fraction of sp³-hybridized carbons (Fsp3) is 0.312. The molecule has 1 aromatic heterocycles. The third kappa shape index (κ3) is 3.21. The maximum Gasteiger partial charge on any atom is 0.123 e. The normalized spacial score (nSPS) is 16.2. The Bertz CT molecular complexity index is 562. The van der Waals surface area contributed by atoms with Gasteiger partial charge >= 0.3 is 0 Å². The zero-order chi connectivity index (χ0) is 13.8. The van der Waals surface area contributed by atoms with E-state index in [0.717, 1.165) is 43.9 Å². The molecule has 0 aliphatic carbocycles. The first-order valence-corrected chi connectivity index (χ1v) is 6.94. The minimum atomic E-state index is -0.210. The summed E-state index contributed by atoms with van der Waals surface area (Å²) in [6.45, 7) is 5.15. The van der Waals surface area contributed by atoms with E-state index >= 15 is 0 Å². The van der Waals surface area contributed by atoms with Crippen LogP contribution in [-0.4, -0.2) is 36.1 Å². The SMILES string of the molecule is Fc1ccc(-c2cncc(CN3CCNCC3)c2)cc1. The molecule has 3 rings (SSSR count). The summed E-state index contributed by atoms with van der Waals surface area (Å²) < 4.78 is 13.0. The highest BCUT2D eigenvalue weighted by atomic mass is 19.1. The number of piperazine rings is 1. The minimum absolute atomic E-state index is 0.210. The molecule has 1 fully saturated rings. The lowest BCUT2D eigenvalue weighted by molar-refractivity contribution is 0.233. The van der Waals surface area contributed by atoms with Gasteiger partial charge in [-0.1, -0.05) is 12.1 Å². The average Bonchev–Trinajstić information content (AvgIpc) is 2.49. The minimum Gasteiger partial charge on any atom is -0.314 e. The maximum atomic E-state index is 13.0. The molecular weight excluding hydrogens is 253 g/mol. The van der Waals surface area contributed by atoms with Crippen LogP contribution >= 0.6 is 0 Å². The van der Waals surface area contributed by atoms with Gasteiger partial charge in [0.05, 0.1) is 0 Å². The van der Waals surface area contributed by atoms with Gasteiger partial charge in [0.1, 0.15) is 5.82 Å². The summed E-state index contributed by atoms with van der Waals surface area (Å²) in [6, 6.07) is 8.70. The highest BCUT2D eigenvalue weighted by Crippen LogP contribution is 2.20. The predicted octanol–water partition coefficient (Wildman–Crippen LogP) is 2.29. The van der Waals surface area contributed by atoms with Crippen molar-refractivity contribution < 1.29 is 4.39 Å². The molecule has 1 N–H and O–H groups in total. The highest BCUT2D eigenvalue weighted by Gasteiger charge is 2.10. The summed E-state index contributed by atoms with van der Waals surface area (Å²) in [4.78, 5) is 6.73. The third-order valence-electron chi connectivity index (χ3n) is 3.59. The zero-order valence-corrected chi connectivity index (χ0v) is 11.3. The first-order chi connectivity index (χ1) is 9.81. The number of hydrogen-bond acceptors (Lipinski definition) is 3. The molecule has 2 heterocycles. The van der Waals surface area contributed by atoms with Gasteiger partial charge in [0, 0.05) is 50.7 Å². The lowest BCUT2D eigenvalue weighted by Crippen LogP contribution is -2.42. The Morgan fingerprint density at radius 1 is 1.05 bits per heavy atom. The Hall–Kier alpha value is -1.78. The second-order valence-corrected chi connectivity index (χ2v) is 5.11. The molecule has 104 valence electrons. The second kappa shape index (κ2) is 6.11. The molecule has 3 nitrogen and oxygen atoms in total. The van der Waals surface area contributed by atoms with E-state index in [-0.39, 0.29) is 5.82 Å². The Morgan fingerprint density at radius 2 is 1.80 bits per heavy atom. The van der Waals surface area contributed by atoms with Crippen LogP contribution in [0.3, 0.4) is 0 Å². The van der Waals surface area contributed by atoms with Gasteiger partial charge in [-0.3, -0.25) is 9.88 Å². The Morgan fingerprint density at radius 3 is 2.55 bits per heavy atom. The number of aromatic nitrogens is 1. The number of hydrogen-bond donors (Lipinski definition) is 1. The first kappa shape index (κ1) is 13.2. The molecule has 0 atom stereocenters. The monoisotopic (exact) mass is 271 g/mol. The van der Waals surface area contributed by atoms with E-state index in [4.69, 9.17) is 0 Å². The molecule has 1 aliphatic rings. The molecule has 4 heteroatoms. The van der Waals surface area contributed by atoms with Crippen LogP contribution in [0.1, 0.15) is 5.56 Å².